The second-order valence-electron chi connectivity index (χ2n) is 4.77. The van der Waals surface area contributed by atoms with Crippen molar-refractivity contribution in [3.8, 4) is 0 Å². The minimum Gasteiger partial charge on any atom is -0.355 e. The molecular formula is C14H21NO3S. The number of rotatable bonds is 6. The van der Waals surface area contributed by atoms with Gasteiger partial charge in [-0.15, -0.1) is 11.3 Å². The summed E-state index contributed by atoms with van der Waals surface area (Å²) < 4.78 is 10.5. The van der Waals surface area contributed by atoms with E-state index in [0.29, 0.717) is 19.8 Å². The second-order valence-corrected chi connectivity index (χ2v) is 6.15. The molecule has 4 nitrogen and oxygen atoms in total. The summed E-state index contributed by atoms with van der Waals surface area (Å²) in [4.78, 5) is 14.4. The van der Waals surface area contributed by atoms with Gasteiger partial charge < -0.3 is 14.8 Å². The third kappa shape index (κ3) is 5.30. The van der Waals surface area contributed by atoms with Gasteiger partial charge in [0.2, 0.25) is 5.91 Å². The van der Waals surface area contributed by atoms with Gasteiger partial charge in [-0.05, 0) is 38.3 Å². The van der Waals surface area contributed by atoms with Crippen LogP contribution in [0.4, 0.5) is 0 Å². The fourth-order valence-corrected chi connectivity index (χ4v) is 2.95. The number of hydrogen-bond acceptors (Lipinski definition) is 4. The van der Waals surface area contributed by atoms with E-state index in [0.717, 1.165) is 25.9 Å². The predicted octanol–water partition coefficient (Wildman–Crippen LogP) is 2.26. The zero-order chi connectivity index (χ0) is 13.5. The molecule has 2 rings (SSSR count). The quantitative estimate of drug-likeness (QED) is 0.871. The van der Waals surface area contributed by atoms with Crippen molar-refractivity contribution >= 4 is 17.2 Å². The molecule has 1 aliphatic rings. The van der Waals surface area contributed by atoms with Crippen molar-refractivity contribution < 1.29 is 14.3 Å². The Hall–Kier alpha value is -0.910. The molecular weight excluding hydrogens is 262 g/mol. The lowest BCUT2D eigenvalue weighted by Gasteiger charge is -2.22. The van der Waals surface area contributed by atoms with Crippen LogP contribution in [0.5, 0.6) is 0 Å². The first-order valence-electron chi connectivity index (χ1n) is 6.75. The number of hydrogen-bond donors (Lipinski definition) is 1. The van der Waals surface area contributed by atoms with Crippen LogP contribution in [0.3, 0.4) is 0 Å². The zero-order valence-corrected chi connectivity index (χ0v) is 12.1. The van der Waals surface area contributed by atoms with Crippen LogP contribution in [0.25, 0.3) is 0 Å². The van der Waals surface area contributed by atoms with Crippen LogP contribution in [0.2, 0.25) is 0 Å². The minimum atomic E-state index is 0.109. The molecule has 0 aromatic carbocycles. The van der Waals surface area contributed by atoms with Crippen molar-refractivity contribution in [3.63, 3.8) is 0 Å². The fourth-order valence-electron chi connectivity index (χ4n) is 2.02. The first kappa shape index (κ1) is 14.5. The zero-order valence-electron chi connectivity index (χ0n) is 11.3. The molecule has 19 heavy (non-hydrogen) atoms. The largest absolute Gasteiger partial charge is 0.355 e. The molecule has 1 unspecified atom stereocenters. The van der Waals surface area contributed by atoms with Gasteiger partial charge in [0.25, 0.3) is 0 Å². The van der Waals surface area contributed by atoms with Gasteiger partial charge in [-0.3, -0.25) is 4.79 Å². The van der Waals surface area contributed by atoms with Crippen molar-refractivity contribution in [1.82, 2.24) is 5.32 Å². The smallest absolute Gasteiger partial charge is 0.220 e. The van der Waals surface area contributed by atoms with Crippen LogP contribution in [-0.4, -0.2) is 32.0 Å². The lowest BCUT2D eigenvalue weighted by atomic mass is 10.2. The molecule has 1 atom stereocenters. The van der Waals surface area contributed by atoms with E-state index in [1.54, 1.807) is 0 Å². The molecule has 0 saturated carbocycles. The standard InChI is InChI=1S/C14H21NO3S/c1-11-5-6-13(19-11)3-2-4-14(16)15-9-12-7-8-17-10-18-12/h5-6,12H,2-4,7-10H2,1H3,(H,15,16). The third-order valence-electron chi connectivity index (χ3n) is 3.12. The number of thiophene rings is 1. The van der Waals surface area contributed by atoms with E-state index in [2.05, 4.69) is 24.4 Å². The molecule has 1 aromatic rings. The van der Waals surface area contributed by atoms with Gasteiger partial charge in [-0.1, -0.05) is 0 Å². The maximum absolute atomic E-state index is 11.7. The minimum absolute atomic E-state index is 0.109. The van der Waals surface area contributed by atoms with Gasteiger partial charge in [0.1, 0.15) is 6.79 Å². The van der Waals surface area contributed by atoms with Crippen molar-refractivity contribution in [3.05, 3.63) is 21.9 Å². The highest BCUT2D eigenvalue weighted by atomic mass is 32.1. The monoisotopic (exact) mass is 283 g/mol. The first-order chi connectivity index (χ1) is 9.24. The average molecular weight is 283 g/mol. The molecule has 1 amide bonds. The van der Waals surface area contributed by atoms with E-state index < -0.39 is 0 Å². The molecule has 0 radical (unpaired) electrons. The number of nitrogens with one attached hydrogen (secondary N) is 1. The lowest BCUT2D eigenvalue weighted by Crippen LogP contribution is -2.36. The Morgan fingerprint density at radius 3 is 3.11 bits per heavy atom. The van der Waals surface area contributed by atoms with Gasteiger partial charge in [-0.2, -0.15) is 0 Å². The van der Waals surface area contributed by atoms with Crippen molar-refractivity contribution in [2.45, 2.75) is 38.7 Å². The molecule has 2 heterocycles. The summed E-state index contributed by atoms with van der Waals surface area (Å²) >= 11 is 1.81. The summed E-state index contributed by atoms with van der Waals surface area (Å²) in [7, 11) is 0. The van der Waals surface area contributed by atoms with E-state index in [1.807, 2.05) is 11.3 Å². The van der Waals surface area contributed by atoms with Gasteiger partial charge in [0.15, 0.2) is 0 Å². The normalized spacial score (nSPS) is 19.3. The summed E-state index contributed by atoms with van der Waals surface area (Å²) in [5.74, 6) is 0.114. The fraction of sp³-hybridized carbons (Fsp3) is 0.643. The van der Waals surface area contributed by atoms with Crippen molar-refractivity contribution in [2.75, 3.05) is 19.9 Å². The average Bonchev–Trinajstić information content (AvgIpc) is 2.83. The van der Waals surface area contributed by atoms with Gasteiger partial charge in [-0.25, -0.2) is 0 Å². The molecule has 0 spiro atoms. The highest BCUT2D eigenvalue weighted by Gasteiger charge is 2.14. The second kappa shape index (κ2) is 7.62. The molecule has 106 valence electrons. The van der Waals surface area contributed by atoms with Crippen LogP contribution in [-0.2, 0) is 20.7 Å². The van der Waals surface area contributed by atoms with Crippen LogP contribution >= 0.6 is 11.3 Å². The maximum Gasteiger partial charge on any atom is 0.220 e. The van der Waals surface area contributed by atoms with Crippen LogP contribution in [0.1, 0.15) is 29.0 Å². The first-order valence-corrected chi connectivity index (χ1v) is 7.57. The van der Waals surface area contributed by atoms with E-state index in [4.69, 9.17) is 9.47 Å². The summed E-state index contributed by atoms with van der Waals surface area (Å²) in [6.45, 7) is 3.77. The Morgan fingerprint density at radius 2 is 2.42 bits per heavy atom. The number of aryl methyl sites for hydroxylation is 2. The molecule has 1 fully saturated rings. The Morgan fingerprint density at radius 1 is 1.53 bits per heavy atom. The van der Waals surface area contributed by atoms with Crippen molar-refractivity contribution in [2.24, 2.45) is 0 Å². The van der Waals surface area contributed by atoms with Gasteiger partial charge in [0.05, 0.1) is 12.7 Å². The molecule has 1 N–H and O–H groups in total. The number of carbonyl (C=O) groups excluding carboxylic acids is 1. The lowest BCUT2D eigenvalue weighted by molar-refractivity contribution is -0.141. The Balaban J connectivity index is 1.56. The molecule has 0 bridgehead atoms. The Kier molecular flexibility index (Phi) is 5.82. The summed E-state index contributed by atoms with van der Waals surface area (Å²) in [6.07, 6.45) is 3.44. The molecule has 1 aromatic heterocycles. The SMILES string of the molecule is Cc1ccc(CCCC(=O)NCC2CCOCO2)s1. The highest BCUT2D eigenvalue weighted by Crippen LogP contribution is 2.17. The topological polar surface area (TPSA) is 47.6 Å². The molecule has 5 heteroatoms. The molecule has 0 aliphatic carbocycles. The number of amides is 1. The Labute approximate surface area is 118 Å². The highest BCUT2D eigenvalue weighted by molar-refractivity contribution is 7.11. The Bertz CT molecular complexity index is 399. The van der Waals surface area contributed by atoms with Crippen molar-refractivity contribution in [1.29, 1.82) is 0 Å². The van der Waals surface area contributed by atoms with Crippen LogP contribution < -0.4 is 5.32 Å². The molecule has 1 aliphatic heterocycles. The van der Waals surface area contributed by atoms with E-state index in [1.165, 1.54) is 9.75 Å². The third-order valence-corrected chi connectivity index (χ3v) is 4.18. The van der Waals surface area contributed by atoms with Gasteiger partial charge >= 0.3 is 0 Å². The van der Waals surface area contributed by atoms with E-state index >= 15 is 0 Å². The summed E-state index contributed by atoms with van der Waals surface area (Å²) in [5.41, 5.74) is 0. The molecule has 1 saturated heterocycles. The maximum atomic E-state index is 11.7. The van der Waals surface area contributed by atoms with Gasteiger partial charge in [0, 0.05) is 22.7 Å². The van der Waals surface area contributed by atoms with E-state index in [-0.39, 0.29) is 12.0 Å². The summed E-state index contributed by atoms with van der Waals surface area (Å²) in [5, 5.41) is 2.93. The van der Waals surface area contributed by atoms with Crippen LogP contribution in [0, 0.1) is 6.92 Å². The number of carbonyl (C=O) groups is 1. The number of ether oxygens (including phenoxy) is 2. The summed E-state index contributed by atoms with van der Waals surface area (Å²) in [6, 6.07) is 4.27. The van der Waals surface area contributed by atoms with E-state index in [9.17, 15) is 4.79 Å². The van der Waals surface area contributed by atoms with Crippen LogP contribution in [0.15, 0.2) is 12.1 Å². The predicted molar refractivity (Wildman–Crippen MR) is 75.3 cm³/mol.